The van der Waals surface area contributed by atoms with Gasteiger partial charge in [0, 0.05) is 0 Å². The maximum absolute atomic E-state index is 12.4. The second kappa shape index (κ2) is 5.69. The molecule has 0 saturated heterocycles. The average Bonchev–Trinajstić information content (AvgIpc) is 2.41. The number of hydrogen-bond donors (Lipinski definition) is 1. The molecule has 21 heavy (non-hydrogen) atoms. The highest BCUT2D eigenvalue weighted by Crippen LogP contribution is 2.21. The molecular formula is C16H16O4S. The van der Waals surface area contributed by atoms with Crippen molar-refractivity contribution in [1.82, 2.24) is 0 Å². The van der Waals surface area contributed by atoms with Gasteiger partial charge in [-0.3, -0.25) is 0 Å². The fraction of sp³-hybridized carbons (Fsp3) is 0.188. The van der Waals surface area contributed by atoms with Crippen LogP contribution in [0.1, 0.15) is 27.0 Å². The molecule has 0 saturated carbocycles. The first-order chi connectivity index (χ1) is 9.81. The van der Waals surface area contributed by atoms with E-state index in [0.717, 1.165) is 11.1 Å². The van der Waals surface area contributed by atoms with Crippen molar-refractivity contribution in [2.75, 3.05) is 0 Å². The van der Waals surface area contributed by atoms with Crippen molar-refractivity contribution in [2.24, 2.45) is 0 Å². The topological polar surface area (TPSA) is 71.4 Å². The van der Waals surface area contributed by atoms with Gasteiger partial charge in [0.15, 0.2) is 9.84 Å². The zero-order valence-electron chi connectivity index (χ0n) is 11.8. The van der Waals surface area contributed by atoms with E-state index in [1.807, 2.05) is 13.8 Å². The van der Waals surface area contributed by atoms with Gasteiger partial charge < -0.3 is 5.11 Å². The quantitative estimate of drug-likeness (QED) is 0.942. The van der Waals surface area contributed by atoms with E-state index in [9.17, 15) is 13.2 Å². The summed E-state index contributed by atoms with van der Waals surface area (Å²) >= 11 is 0. The minimum Gasteiger partial charge on any atom is -0.478 e. The molecule has 0 amide bonds. The first-order valence-corrected chi connectivity index (χ1v) is 8.08. The molecule has 0 unspecified atom stereocenters. The number of sulfone groups is 1. The van der Waals surface area contributed by atoms with Crippen LogP contribution in [0.5, 0.6) is 0 Å². The van der Waals surface area contributed by atoms with E-state index >= 15 is 0 Å². The van der Waals surface area contributed by atoms with Crippen molar-refractivity contribution in [3.63, 3.8) is 0 Å². The molecule has 0 aliphatic carbocycles. The van der Waals surface area contributed by atoms with Crippen LogP contribution in [0.3, 0.4) is 0 Å². The second-order valence-corrected chi connectivity index (χ2v) is 6.96. The van der Waals surface area contributed by atoms with Crippen molar-refractivity contribution in [3.8, 4) is 0 Å². The molecule has 5 heteroatoms. The van der Waals surface area contributed by atoms with Gasteiger partial charge in [-0.05, 0) is 48.7 Å². The zero-order valence-corrected chi connectivity index (χ0v) is 12.6. The SMILES string of the molecule is Cc1ccc(S(=O)(=O)Cc2ccccc2C(=O)O)cc1C. The van der Waals surface area contributed by atoms with Crippen LogP contribution < -0.4 is 0 Å². The van der Waals surface area contributed by atoms with Gasteiger partial charge in [-0.25, -0.2) is 13.2 Å². The van der Waals surface area contributed by atoms with E-state index in [4.69, 9.17) is 5.11 Å². The molecular weight excluding hydrogens is 288 g/mol. The molecule has 0 spiro atoms. The maximum Gasteiger partial charge on any atom is 0.335 e. The molecule has 0 aliphatic rings. The highest BCUT2D eigenvalue weighted by molar-refractivity contribution is 7.90. The number of aryl methyl sites for hydroxylation is 2. The molecule has 0 bridgehead atoms. The van der Waals surface area contributed by atoms with Crippen molar-refractivity contribution >= 4 is 15.8 Å². The fourth-order valence-corrected chi connectivity index (χ4v) is 3.51. The van der Waals surface area contributed by atoms with E-state index in [1.54, 1.807) is 30.3 Å². The summed E-state index contributed by atoms with van der Waals surface area (Å²) in [4.78, 5) is 11.4. The molecule has 0 atom stereocenters. The third kappa shape index (κ3) is 3.31. The normalized spacial score (nSPS) is 11.3. The highest BCUT2D eigenvalue weighted by Gasteiger charge is 2.19. The predicted octanol–water partition coefficient (Wildman–Crippen LogP) is 2.98. The molecule has 1 N–H and O–H groups in total. The lowest BCUT2D eigenvalue weighted by molar-refractivity contribution is 0.0696. The third-order valence-corrected chi connectivity index (χ3v) is 5.09. The number of aromatic carboxylic acids is 1. The standard InChI is InChI=1S/C16H16O4S/c1-11-7-8-14(9-12(11)2)21(19,20)10-13-5-3-4-6-15(13)16(17)18/h3-9H,10H2,1-2H3,(H,17,18). The van der Waals surface area contributed by atoms with Gasteiger partial charge in [0.25, 0.3) is 0 Å². The Hall–Kier alpha value is -2.14. The van der Waals surface area contributed by atoms with Crippen molar-refractivity contribution < 1.29 is 18.3 Å². The lowest BCUT2D eigenvalue weighted by Gasteiger charge is -2.09. The number of carboxylic acids is 1. The summed E-state index contributed by atoms with van der Waals surface area (Å²) in [5.41, 5.74) is 2.22. The summed E-state index contributed by atoms with van der Waals surface area (Å²) in [5.74, 6) is -1.45. The largest absolute Gasteiger partial charge is 0.478 e. The maximum atomic E-state index is 12.4. The van der Waals surface area contributed by atoms with Crippen LogP contribution in [0.4, 0.5) is 0 Å². The molecule has 0 fully saturated rings. The predicted molar refractivity (Wildman–Crippen MR) is 80.2 cm³/mol. The van der Waals surface area contributed by atoms with Gasteiger partial charge in [0.05, 0.1) is 16.2 Å². The number of carboxylic acid groups (broad SMARTS) is 1. The Labute approximate surface area is 124 Å². The molecule has 2 aromatic carbocycles. The third-order valence-electron chi connectivity index (χ3n) is 3.43. The molecule has 4 nitrogen and oxygen atoms in total. The van der Waals surface area contributed by atoms with Gasteiger partial charge in [0.1, 0.15) is 0 Å². The van der Waals surface area contributed by atoms with Crippen LogP contribution in [0, 0.1) is 13.8 Å². The molecule has 0 heterocycles. The Balaban J connectivity index is 2.42. The van der Waals surface area contributed by atoms with Gasteiger partial charge in [-0.15, -0.1) is 0 Å². The van der Waals surface area contributed by atoms with Crippen LogP contribution in [-0.4, -0.2) is 19.5 Å². The van der Waals surface area contributed by atoms with E-state index in [1.165, 1.54) is 12.1 Å². The minimum absolute atomic E-state index is 0.0184. The summed E-state index contributed by atoms with van der Waals surface area (Å²) < 4.78 is 24.9. The molecule has 0 aliphatic heterocycles. The number of rotatable bonds is 4. The Bertz CT molecular complexity index is 792. The van der Waals surface area contributed by atoms with Crippen LogP contribution in [-0.2, 0) is 15.6 Å². The van der Waals surface area contributed by atoms with Crippen molar-refractivity contribution in [1.29, 1.82) is 0 Å². The van der Waals surface area contributed by atoms with Gasteiger partial charge >= 0.3 is 5.97 Å². The Morgan fingerprint density at radius 1 is 1.05 bits per heavy atom. The van der Waals surface area contributed by atoms with E-state index in [0.29, 0.717) is 5.56 Å². The van der Waals surface area contributed by atoms with E-state index in [2.05, 4.69) is 0 Å². The lowest BCUT2D eigenvalue weighted by atomic mass is 10.1. The summed E-state index contributed by atoms with van der Waals surface area (Å²) in [5, 5.41) is 9.12. The van der Waals surface area contributed by atoms with Crippen LogP contribution in [0.25, 0.3) is 0 Å². The summed E-state index contributed by atoms with van der Waals surface area (Å²) in [6, 6.07) is 11.1. The van der Waals surface area contributed by atoms with Crippen molar-refractivity contribution in [3.05, 3.63) is 64.7 Å². The van der Waals surface area contributed by atoms with E-state index < -0.39 is 15.8 Å². The lowest BCUT2D eigenvalue weighted by Crippen LogP contribution is -2.10. The molecule has 2 aromatic rings. The van der Waals surface area contributed by atoms with Crippen LogP contribution in [0.2, 0.25) is 0 Å². The average molecular weight is 304 g/mol. The highest BCUT2D eigenvalue weighted by atomic mass is 32.2. The Kier molecular flexibility index (Phi) is 4.14. The molecule has 0 radical (unpaired) electrons. The van der Waals surface area contributed by atoms with Gasteiger partial charge in [0.2, 0.25) is 0 Å². The summed E-state index contributed by atoms with van der Waals surface area (Å²) in [7, 11) is -3.57. The second-order valence-electron chi connectivity index (χ2n) is 4.97. The minimum atomic E-state index is -3.57. The molecule has 0 aromatic heterocycles. The first-order valence-electron chi connectivity index (χ1n) is 6.42. The zero-order chi connectivity index (χ0) is 15.6. The molecule has 110 valence electrons. The van der Waals surface area contributed by atoms with Gasteiger partial charge in [-0.2, -0.15) is 0 Å². The number of hydrogen-bond acceptors (Lipinski definition) is 3. The first kappa shape index (κ1) is 15.3. The fourth-order valence-electron chi connectivity index (χ4n) is 2.05. The smallest absolute Gasteiger partial charge is 0.335 e. The van der Waals surface area contributed by atoms with E-state index in [-0.39, 0.29) is 16.2 Å². The van der Waals surface area contributed by atoms with Gasteiger partial charge in [-0.1, -0.05) is 24.3 Å². The van der Waals surface area contributed by atoms with Crippen LogP contribution >= 0.6 is 0 Å². The number of benzene rings is 2. The Morgan fingerprint density at radius 3 is 2.33 bits per heavy atom. The Morgan fingerprint density at radius 2 is 1.71 bits per heavy atom. The molecule has 2 rings (SSSR count). The van der Waals surface area contributed by atoms with Crippen molar-refractivity contribution in [2.45, 2.75) is 24.5 Å². The number of carbonyl (C=O) groups is 1. The summed E-state index contributed by atoms with van der Waals surface area (Å²) in [6.07, 6.45) is 0. The van der Waals surface area contributed by atoms with Crippen LogP contribution in [0.15, 0.2) is 47.4 Å². The monoisotopic (exact) mass is 304 g/mol. The summed E-state index contributed by atoms with van der Waals surface area (Å²) in [6.45, 7) is 3.75.